The average molecular weight is 332 g/mol. The minimum Gasteiger partial charge on any atom is -0.444 e. The normalized spacial score (nSPS) is 12.4. The van der Waals surface area contributed by atoms with E-state index in [0.717, 1.165) is 6.07 Å². The molecule has 1 aromatic rings. The van der Waals surface area contributed by atoms with Gasteiger partial charge in [-0.1, -0.05) is 12.2 Å². The number of pyridine rings is 1. The first-order valence-corrected chi connectivity index (χ1v) is 6.92. The summed E-state index contributed by atoms with van der Waals surface area (Å²) in [5.74, 6) is 0. The van der Waals surface area contributed by atoms with E-state index in [-0.39, 0.29) is 12.1 Å². The molecule has 1 amide bonds. The van der Waals surface area contributed by atoms with Gasteiger partial charge in [0.25, 0.3) is 5.56 Å². The van der Waals surface area contributed by atoms with Crippen LogP contribution >= 0.6 is 0 Å². The van der Waals surface area contributed by atoms with Crippen molar-refractivity contribution in [2.45, 2.75) is 39.0 Å². The van der Waals surface area contributed by atoms with Crippen LogP contribution in [0.5, 0.6) is 0 Å². The van der Waals surface area contributed by atoms with E-state index in [1.54, 1.807) is 20.8 Å². The molecule has 0 unspecified atom stereocenters. The Bertz CT molecular complexity index is 628. The van der Waals surface area contributed by atoms with Crippen LogP contribution in [0.2, 0.25) is 0 Å². The highest BCUT2D eigenvalue weighted by Gasteiger charge is 2.31. The van der Waals surface area contributed by atoms with E-state index in [2.05, 4.69) is 5.32 Å². The van der Waals surface area contributed by atoms with Crippen molar-refractivity contribution in [2.75, 3.05) is 6.54 Å². The number of carbonyl (C=O) groups excluding carboxylic acids is 1. The van der Waals surface area contributed by atoms with Crippen LogP contribution in [0.1, 0.15) is 38.3 Å². The fourth-order valence-corrected chi connectivity index (χ4v) is 1.57. The van der Waals surface area contributed by atoms with Crippen LogP contribution in [-0.4, -0.2) is 23.2 Å². The fourth-order valence-electron chi connectivity index (χ4n) is 1.57. The number of rotatable bonds is 4. The van der Waals surface area contributed by atoms with Crippen LogP contribution < -0.4 is 10.9 Å². The van der Waals surface area contributed by atoms with Crippen LogP contribution in [-0.2, 0) is 10.9 Å². The van der Waals surface area contributed by atoms with Gasteiger partial charge in [-0.25, -0.2) is 4.79 Å². The van der Waals surface area contributed by atoms with Crippen LogP contribution in [0.25, 0.3) is 6.08 Å². The molecule has 8 heteroatoms. The summed E-state index contributed by atoms with van der Waals surface area (Å²) in [4.78, 5) is 24.9. The number of hydrogen-bond donors (Lipinski definition) is 2. The van der Waals surface area contributed by atoms with Gasteiger partial charge in [0.2, 0.25) is 0 Å². The standard InChI is InChI=1S/C15H19F3N2O3/c1-14(2,3)23-13(22)19-7-5-4-6-10-8-11(15(16,17)18)9-20-12(10)21/h4,6,8-9H,5,7H2,1-3H3,(H,19,22)(H,20,21). The van der Waals surface area contributed by atoms with Crippen LogP contribution in [0.15, 0.2) is 23.1 Å². The van der Waals surface area contributed by atoms with Crippen molar-refractivity contribution in [3.05, 3.63) is 39.8 Å². The Morgan fingerprint density at radius 3 is 2.57 bits per heavy atom. The number of aromatic amines is 1. The molecule has 0 aliphatic rings. The van der Waals surface area contributed by atoms with Crippen molar-refractivity contribution in [1.82, 2.24) is 10.3 Å². The summed E-state index contributed by atoms with van der Waals surface area (Å²) in [6.07, 6.45) is -1.35. The van der Waals surface area contributed by atoms with Gasteiger partial charge in [0.15, 0.2) is 0 Å². The van der Waals surface area contributed by atoms with Gasteiger partial charge in [0, 0.05) is 18.3 Å². The second-order valence-corrected chi connectivity index (χ2v) is 5.79. The second kappa shape index (κ2) is 7.34. The summed E-state index contributed by atoms with van der Waals surface area (Å²) in [5.41, 5.74) is -2.25. The molecule has 0 radical (unpaired) electrons. The molecule has 23 heavy (non-hydrogen) atoms. The third kappa shape index (κ3) is 7.03. The van der Waals surface area contributed by atoms with Crippen molar-refractivity contribution in [2.24, 2.45) is 0 Å². The number of aromatic nitrogens is 1. The molecule has 0 aliphatic heterocycles. The van der Waals surface area contributed by atoms with E-state index in [4.69, 9.17) is 4.74 Å². The third-order valence-corrected chi connectivity index (χ3v) is 2.54. The number of carbonyl (C=O) groups is 1. The van der Waals surface area contributed by atoms with Gasteiger partial charge in [-0.15, -0.1) is 0 Å². The smallest absolute Gasteiger partial charge is 0.417 e. The lowest BCUT2D eigenvalue weighted by molar-refractivity contribution is -0.137. The first kappa shape index (κ1) is 18.8. The van der Waals surface area contributed by atoms with Crippen molar-refractivity contribution >= 4 is 12.2 Å². The third-order valence-electron chi connectivity index (χ3n) is 2.54. The van der Waals surface area contributed by atoms with Gasteiger partial charge in [0.1, 0.15) is 5.60 Å². The zero-order chi connectivity index (χ0) is 17.7. The first-order valence-electron chi connectivity index (χ1n) is 6.92. The molecule has 0 saturated carbocycles. The molecule has 1 rings (SSSR count). The average Bonchev–Trinajstić information content (AvgIpc) is 2.36. The van der Waals surface area contributed by atoms with Crippen LogP contribution in [0, 0.1) is 0 Å². The molecule has 1 heterocycles. The van der Waals surface area contributed by atoms with Gasteiger partial charge in [-0.2, -0.15) is 13.2 Å². The highest BCUT2D eigenvalue weighted by Crippen LogP contribution is 2.28. The maximum absolute atomic E-state index is 12.6. The molecule has 0 spiro atoms. The largest absolute Gasteiger partial charge is 0.444 e. The molecular weight excluding hydrogens is 313 g/mol. The van der Waals surface area contributed by atoms with Gasteiger partial charge in [-0.3, -0.25) is 4.79 Å². The zero-order valence-electron chi connectivity index (χ0n) is 13.1. The Morgan fingerprint density at radius 1 is 1.35 bits per heavy atom. The molecule has 0 fully saturated rings. The Hall–Kier alpha value is -2.25. The number of alkyl carbamates (subject to hydrolysis) is 1. The van der Waals surface area contributed by atoms with Gasteiger partial charge < -0.3 is 15.0 Å². The maximum Gasteiger partial charge on any atom is 0.417 e. The van der Waals surface area contributed by atoms with Gasteiger partial charge in [0.05, 0.1) is 5.56 Å². The lowest BCUT2D eigenvalue weighted by Gasteiger charge is -2.19. The van der Waals surface area contributed by atoms with E-state index in [1.165, 1.54) is 12.2 Å². The minimum absolute atomic E-state index is 0.0999. The van der Waals surface area contributed by atoms with E-state index in [1.807, 2.05) is 4.98 Å². The summed E-state index contributed by atoms with van der Waals surface area (Å²) >= 11 is 0. The minimum atomic E-state index is -4.52. The molecule has 0 aliphatic carbocycles. The summed E-state index contributed by atoms with van der Waals surface area (Å²) in [5, 5.41) is 2.50. The van der Waals surface area contributed by atoms with Crippen LogP contribution in [0.4, 0.5) is 18.0 Å². The summed E-state index contributed by atoms with van der Waals surface area (Å²) < 4.78 is 42.7. The molecule has 0 saturated heterocycles. The van der Waals surface area contributed by atoms with E-state index < -0.39 is 29.0 Å². The van der Waals surface area contributed by atoms with Gasteiger partial charge in [-0.05, 0) is 33.3 Å². The lowest BCUT2D eigenvalue weighted by atomic mass is 10.2. The highest BCUT2D eigenvalue weighted by molar-refractivity contribution is 5.67. The summed E-state index contributed by atoms with van der Waals surface area (Å²) in [6, 6.07) is 0.774. The Balaban J connectivity index is 2.56. The molecule has 5 nitrogen and oxygen atoms in total. The Labute approximate surface area is 131 Å². The summed E-state index contributed by atoms with van der Waals surface area (Å²) in [6.45, 7) is 5.42. The van der Waals surface area contributed by atoms with Crippen molar-refractivity contribution in [1.29, 1.82) is 0 Å². The van der Waals surface area contributed by atoms with E-state index >= 15 is 0 Å². The topological polar surface area (TPSA) is 71.2 Å². The number of H-pyrrole nitrogens is 1. The molecule has 0 aromatic carbocycles. The second-order valence-electron chi connectivity index (χ2n) is 5.79. The monoisotopic (exact) mass is 332 g/mol. The maximum atomic E-state index is 12.6. The number of halogens is 3. The quantitative estimate of drug-likeness (QED) is 0.831. The zero-order valence-corrected chi connectivity index (χ0v) is 13.1. The number of hydrogen-bond acceptors (Lipinski definition) is 3. The number of alkyl halides is 3. The predicted octanol–water partition coefficient (Wildman–Crippen LogP) is 3.32. The van der Waals surface area contributed by atoms with E-state index in [0.29, 0.717) is 12.6 Å². The molecule has 0 bridgehead atoms. The summed E-state index contributed by atoms with van der Waals surface area (Å²) in [7, 11) is 0. The SMILES string of the molecule is CC(C)(C)OC(=O)NCCC=Cc1cc(C(F)(F)F)c[nH]c1=O. The van der Waals surface area contributed by atoms with E-state index in [9.17, 15) is 22.8 Å². The number of ether oxygens (including phenoxy) is 1. The number of amides is 1. The van der Waals surface area contributed by atoms with Gasteiger partial charge >= 0.3 is 12.3 Å². The molecular formula is C15H19F3N2O3. The predicted molar refractivity (Wildman–Crippen MR) is 80.0 cm³/mol. The Kier molecular flexibility index (Phi) is 6.00. The van der Waals surface area contributed by atoms with Crippen molar-refractivity contribution in [3.63, 3.8) is 0 Å². The molecule has 2 N–H and O–H groups in total. The van der Waals surface area contributed by atoms with Crippen LogP contribution in [0.3, 0.4) is 0 Å². The molecule has 0 atom stereocenters. The first-order chi connectivity index (χ1) is 10.5. The lowest BCUT2D eigenvalue weighted by Crippen LogP contribution is -2.32. The molecule has 1 aromatic heterocycles. The number of nitrogens with one attached hydrogen (secondary N) is 2. The fraction of sp³-hybridized carbons (Fsp3) is 0.467. The van der Waals surface area contributed by atoms with Crippen molar-refractivity contribution < 1.29 is 22.7 Å². The van der Waals surface area contributed by atoms with Crippen molar-refractivity contribution in [3.8, 4) is 0 Å². The molecule has 128 valence electrons. The highest BCUT2D eigenvalue weighted by atomic mass is 19.4. The Morgan fingerprint density at radius 2 is 2.00 bits per heavy atom.